The molecule has 0 aliphatic carbocycles. The lowest BCUT2D eigenvalue weighted by molar-refractivity contribution is 0.423. The average Bonchev–Trinajstić information content (AvgIpc) is 2.76. The zero-order valence-electron chi connectivity index (χ0n) is 11.4. The fraction of sp³-hybridized carbons (Fsp3) is 0.571. The summed E-state index contributed by atoms with van der Waals surface area (Å²) in [4.78, 5) is 9.11. The van der Waals surface area contributed by atoms with Gasteiger partial charge in [0.05, 0.1) is 6.04 Å². The molecular weight excluding hydrogens is 224 g/mol. The Morgan fingerprint density at radius 3 is 2.83 bits per heavy atom. The van der Waals surface area contributed by atoms with Gasteiger partial charge in [0.25, 0.3) is 0 Å². The molecule has 0 amide bonds. The first-order valence-electron chi connectivity index (χ1n) is 6.75. The molecule has 2 unspecified atom stereocenters. The Labute approximate surface area is 108 Å². The fourth-order valence-electron chi connectivity index (χ4n) is 2.18. The maximum atomic E-state index is 6.33. The minimum atomic E-state index is -0.0178. The molecule has 0 fully saturated rings. The molecule has 0 aromatic carbocycles. The fourth-order valence-corrected chi connectivity index (χ4v) is 2.18. The summed E-state index contributed by atoms with van der Waals surface area (Å²) < 4.78 is 2.17. The predicted octanol–water partition coefficient (Wildman–Crippen LogP) is 2.89. The number of hydrogen-bond acceptors (Lipinski definition) is 3. The molecule has 4 heteroatoms. The SMILES string of the molecule is CCCn1c(C(N)C(C)CC)nc2cccnc21. The Morgan fingerprint density at radius 2 is 2.17 bits per heavy atom. The normalized spacial score (nSPS) is 14.9. The topological polar surface area (TPSA) is 56.7 Å². The van der Waals surface area contributed by atoms with Crippen molar-refractivity contribution in [2.24, 2.45) is 11.7 Å². The van der Waals surface area contributed by atoms with Gasteiger partial charge in [-0.05, 0) is 24.5 Å². The summed E-state index contributed by atoms with van der Waals surface area (Å²) in [6.07, 6.45) is 3.93. The Morgan fingerprint density at radius 1 is 1.39 bits per heavy atom. The van der Waals surface area contributed by atoms with Gasteiger partial charge in [-0.3, -0.25) is 0 Å². The van der Waals surface area contributed by atoms with Crippen molar-refractivity contribution in [3.8, 4) is 0 Å². The van der Waals surface area contributed by atoms with E-state index in [2.05, 4.69) is 35.3 Å². The van der Waals surface area contributed by atoms with Crippen LogP contribution in [0.5, 0.6) is 0 Å². The molecule has 2 N–H and O–H groups in total. The highest BCUT2D eigenvalue weighted by atomic mass is 15.1. The molecule has 18 heavy (non-hydrogen) atoms. The van der Waals surface area contributed by atoms with Gasteiger partial charge in [-0.25, -0.2) is 9.97 Å². The van der Waals surface area contributed by atoms with Crippen LogP contribution in [0.25, 0.3) is 11.2 Å². The quantitative estimate of drug-likeness (QED) is 0.882. The van der Waals surface area contributed by atoms with Crippen molar-refractivity contribution in [1.82, 2.24) is 14.5 Å². The van der Waals surface area contributed by atoms with Gasteiger partial charge in [0.15, 0.2) is 5.65 Å². The van der Waals surface area contributed by atoms with E-state index < -0.39 is 0 Å². The Kier molecular flexibility index (Phi) is 3.97. The van der Waals surface area contributed by atoms with Crippen molar-refractivity contribution in [2.45, 2.75) is 46.2 Å². The monoisotopic (exact) mass is 246 g/mol. The number of fused-ring (bicyclic) bond motifs is 1. The van der Waals surface area contributed by atoms with E-state index in [1.165, 1.54) is 0 Å². The number of rotatable bonds is 5. The van der Waals surface area contributed by atoms with E-state index in [0.717, 1.165) is 36.4 Å². The van der Waals surface area contributed by atoms with Crippen molar-refractivity contribution in [3.05, 3.63) is 24.2 Å². The van der Waals surface area contributed by atoms with Crippen LogP contribution in [0.4, 0.5) is 0 Å². The van der Waals surface area contributed by atoms with Gasteiger partial charge in [0, 0.05) is 12.7 Å². The molecule has 2 rings (SSSR count). The summed E-state index contributed by atoms with van der Waals surface area (Å²) in [5, 5.41) is 0. The van der Waals surface area contributed by atoms with Crippen molar-refractivity contribution in [3.63, 3.8) is 0 Å². The molecule has 0 radical (unpaired) electrons. The van der Waals surface area contributed by atoms with Crippen molar-refractivity contribution < 1.29 is 0 Å². The molecule has 98 valence electrons. The number of pyridine rings is 1. The van der Waals surface area contributed by atoms with Crippen LogP contribution in [-0.4, -0.2) is 14.5 Å². The van der Waals surface area contributed by atoms with E-state index in [4.69, 9.17) is 5.73 Å². The molecule has 0 saturated carbocycles. The summed E-state index contributed by atoms with van der Waals surface area (Å²) in [6, 6.07) is 3.90. The molecule has 2 heterocycles. The van der Waals surface area contributed by atoms with Gasteiger partial charge in [-0.1, -0.05) is 27.2 Å². The Bertz CT molecular complexity index is 517. The predicted molar refractivity (Wildman–Crippen MR) is 74.2 cm³/mol. The number of hydrogen-bond donors (Lipinski definition) is 1. The van der Waals surface area contributed by atoms with Gasteiger partial charge in [0.1, 0.15) is 11.3 Å². The molecule has 2 aromatic heterocycles. The first-order valence-corrected chi connectivity index (χ1v) is 6.75. The van der Waals surface area contributed by atoms with Crippen LogP contribution >= 0.6 is 0 Å². The van der Waals surface area contributed by atoms with Crippen molar-refractivity contribution in [2.75, 3.05) is 0 Å². The Balaban J connectivity index is 2.51. The third kappa shape index (κ3) is 2.25. The highest BCUT2D eigenvalue weighted by Crippen LogP contribution is 2.24. The van der Waals surface area contributed by atoms with E-state index in [0.29, 0.717) is 5.92 Å². The molecule has 0 spiro atoms. The van der Waals surface area contributed by atoms with Gasteiger partial charge in [0.2, 0.25) is 0 Å². The van der Waals surface area contributed by atoms with E-state index in [9.17, 15) is 0 Å². The van der Waals surface area contributed by atoms with Crippen LogP contribution in [0.1, 0.15) is 45.5 Å². The van der Waals surface area contributed by atoms with E-state index in [-0.39, 0.29) is 6.04 Å². The van der Waals surface area contributed by atoms with Crippen LogP contribution in [0.15, 0.2) is 18.3 Å². The number of aryl methyl sites for hydroxylation is 1. The second-order valence-electron chi connectivity index (χ2n) is 4.88. The van der Waals surface area contributed by atoms with Crippen LogP contribution in [0.2, 0.25) is 0 Å². The van der Waals surface area contributed by atoms with Gasteiger partial charge in [-0.15, -0.1) is 0 Å². The average molecular weight is 246 g/mol. The lowest BCUT2D eigenvalue weighted by Crippen LogP contribution is -2.23. The third-order valence-corrected chi connectivity index (χ3v) is 3.54. The maximum Gasteiger partial charge on any atom is 0.160 e. The molecule has 2 aromatic rings. The summed E-state index contributed by atoms with van der Waals surface area (Å²) in [6.45, 7) is 7.42. The van der Waals surface area contributed by atoms with Crippen LogP contribution in [0.3, 0.4) is 0 Å². The number of imidazole rings is 1. The minimum absolute atomic E-state index is 0.0178. The molecule has 2 atom stereocenters. The van der Waals surface area contributed by atoms with Crippen LogP contribution < -0.4 is 5.73 Å². The second kappa shape index (κ2) is 5.48. The van der Waals surface area contributed by atoms with E-state index in [1.54, 1.807) is 0 Å². The third-order valence-electron chi connectivity index (χ3n) is 3.54. The molecule has 0 aliphatic rings. The van der Waals surface area contributed by atoms with Crippen molar-refractivity contribution in [1.29, 1.82) is 0 Å². The molecule has 0 saturated heterocycles. The van der Waals surface area contributed by atoms with Gasteiger partial charge < -0.3 is 10.3 Å². The first-order chi connectivity index (χ1) is 8.69. The van der Waals surface area contributed by atoms with Crippen molar-refractivity contribution >= 4 is 11.2 Å². The smallest absolute Gasteiger partial charge is 0.160 e. The first kappa shape index (κ1) is 13.0. The molecular formula is C14H22N4. The summed E-state index contributed by atoms with van der Waals surface area (Å²) in [5.41, 5.74) is 8.23. The largest absolute Gasteiger partial charge is 0.321 e. The van der Waals surface area contributed by atoms with Gasteiger partial charge in [-0.2, -0.15) is 0 Å². The zero-order valence-corrected chi connectivity index (χ0v) is 11.4. The number of nitrogens with zero attached hydrogens (tertiary/aromatic N) is 3. The van der Waals surface area contributed by atoms with E-state index >= 15 is 0 Å². The number of nitrogens with two attached hydrogens (primary N) is 1. The highest BCUT2D eigenvalue weighted by Gasteiger charge is 2.21. The molecule has 0 bridgehead atoms. The standard InChI is InChI=1S/C14H22N4/c1-4-9-18-13-11(7-6-8-16-13)17-14(18)12(15)10(3)5-2/h6-8,10,12H,4-5,9,15H2,1-3H3. The van der Waals surface area contributed by atoms with Crippen LogP contribution in [0, 0.1) is 5.92 Å². The summed E-state index contributed by atoms with van der Waals surface area (Å²) in [5.74, 6) is 1.40. The lowest BCUT2D eigenvalue weighted by Gasteiger charge is -2.19. The van der Waals surface area contributed by atoms with Crippen LogP contribution in [-0.2, 0) is 6.54 Å². The second-order valence-corrected chi connectivity index (χ2v) is 4.88. The number of aromatic nitrogens is 3. The minimum Gasteiger partial charge on any atom is -0.321 e. The summed E-state index contributed by atoms with van der Waals surface area (Å²) >= 11 is 0. The Hall–Kier alpha value is -1.42. The molecule has 0 aliphatic heterocycles. The summed E-state index contributed by atoms with van der Waals surface area (Å²) in [7, 11) is 0. The molecule has 4 nitrogen and oxygen atoms in total. The maximum absolute atomic E-state index is 6.33. The zero-order chi connectivity index (χ0) is 13.1. The highest BCUT2D eigenvalue weighted by molar-refractivity contribution is 5.71. The van der Waals surface area contributed by atoms with Gasteiger partial charge >= 0.3 is 0 Å². The van der Waals surface area contributed by atoms with E-state index in [1.807, 2.05) is 18.3 Å². The lowest BCUT2D eigenvalue weighted by atomic mass is 9.99.